The van der Waals surface area contributed by atoms with Gasteiger partial charge in [0.15, 0.2) is 5.69 Å². The molecule has 7 heteroatoms. The number of anilines is 1. The third kappa shape index (κ3) is 1.91. The molecule has 1 aromatic heterocycles. The number of carbonyl (C=O) groups is 1. The van der Waals surface area contributed by atoms with Gasteiger partial charge in [-0.1, -0.05) is 0 Å². The van der Waals surface area contributed by atoms with Crippen LogP contribution in [0.3, 0.4) is 0 Å². The van der Waals surface area contributed by atoms with E-state index in [4.69, 9.17) is 10.8 Å². The zero-order valence-corrected chi connectivity index (χ0v) is 8.83. The van der Waals surface area contributed by atoms with Gasteiger partial charge in [0.1, 0.15) is 0 Å². The molecule has 0 unspecified atom stereocenters. The summed E-state index contributed by atoms with van der Waals surface area (Å²) in [5.41, 5.74) is 4.35. The molecule has 0 aliphatic rings. The van der Waals surface area contributed by atoms with E-state index in [0.717, 1.165) is 6.20 Å². The Labute approximate surface area is 91.3 Å². The van der Waals surface area contributed by atoms with Crippen molar-refractivity contribution in [2.24, 2.45) is 0 Å². The molecule has 0 fully saturated rings. The number of alkyl halides is 2. The van der Waals surface area contributed by atoms with Crippen molar-refractivity contribution >= 4 is 34.2 Å². The van der Waals surface area contributed by atoms with E-state index in [1.54, 1.807) is 22.6 Å². The van der Waals surface area contributed by atoms with Crippen LogP contribution in [0, 0.1) is 3.57 Å². The smallest absolute Gasteiger partial charge is 0.355 e. The molecule has 0 amide bonds. The monoisotopic (exact) mass is 314 g/mol. The number of hydrogen-bond acceptors (Lipinski definition) is 3. The summed E-state index contributed by atoms with van der Waals surface area (Å²) < 4.78 is 24.6. The average molecular weight is 314 g/mol. The highest BCUT2D eigenvalue weighted by Crippen LogP contribution is 2.29. The SMILES string of the molecule is Nc1c(C(F)F)cnc(C(=O)O)c1I. The number of pyridine rings is 1. The van der Waals surface area contributed by atoms with E-state index >= 15 is 0 Å². The summed E-state index contributed by atoms with van der Waals surface area (Å²) in [6.07, 6.45) is -1.97. The van der Waals surface area contributed by atoms with E-state index in [1.807, 2.05) is 0 Å². The second-order valence-electron chi connectivity index (χ2n) is 2.40. The number of hydrogen-bond donors (Lipinski definition) is 2. The van der Waals surface area contributed by atoms with Crippen molar-refractivity contribution < 1.29 is 18.7 Å². The summed E-state index contributed by atoms with van der Waals surface area (Å²) in [5, 5.41) is 8.61. The highest BCUT2D eigenvalue weighted by atomic mass is 127. The third-order valence-electron chi connectivity index (χ3n) is 1.53. The number of carboxylic acids is 1. The molecule has 1 aromatic rings. The lowest BCUT2D eigenvalue weighted by Gasteiger charge is -2.07. The Kier molecular flexibility index (Phi) is 3.19. The van der Waals surface area contributed by atoms with E-state index in [9.17, 15) is 13.6 Å². The lowest BCUT2D eigenvalue weighted by molar-refractivity contribution is 0.0688. The van der Waals surface area contributed by atoms with Crippen LogP contribution >= 0.6 is 22.6 Å². The second kappa shape index (κ2) is 4.03. The van der Waals surface area contributed by atoms with Crippen molar-refractivity contribution in [2.75, 3.05) is 5.73 Å². The van der Waals surface area contributed by atoms with Gasteiger partial charge >= 0.3 is 5.97 Å². The normalized spacial score (nSPS) is 10.6. The molecule has 14 heavy (non-hydrogen) atoms. The average Bonchev–Trinajstić information content (AvgIpc) is 2.08. The molecule has 1 heterocycles. The van der Waals surface area contributed by atoms with Crippen LogP contribution in [0.1, 0.15) is 22.5 Å². The Morgan fingerprint density at radius 2 is 2.21 bits per heavy atom. The van der Waals surface area contributed by atoms with Crippen LogP contribution in [0.15, 0.2) is 6.20 Å². The van der Waals surface area contributed by atoms with Gasteiger partial charge in [-0.15, -0.1) is 0 Å². The molecular formula is C7H5F2IN2O2. The van der Waals surface area contributed by atoms with E-state index in [2.05, 4.69) is 4.98 Å². The van der Waals surface area contributed by atoms with Gasteiger partial charge in [0.05, 0.1) is 14.8 Å². The van der Waals surface area contributed by atoms with Crippen LogP contribution in [0.25, 0.3) is 0 Å². The molecule has 0 atom stereocenters. The Morgan fingerprint density at radius 3 is 2.64 bits per heavy atom. The fourth-order valence-electron chi connectivity index (χ4n) is 0.838. The first-order chi connectivity index (χ1) is 6.45. The van der Waals surface area contributed by atoms with Gasteiger partial charge in [-0.05, 0) is 22.6 Å². The highest BCUT2D eigenvalue weighted by Gasteiger charge is 2.19. The molecule has 0 aromatic carbocycles. The molecular weight excluding hydrogens is 309 g/mol. The quantitative estimate of drug-likeness (QED) is 0.818. The van der Waals surface area contributed by atoms with Gasteiger partial charge in [-0.25, -0.2) is 18.6 Å². The third-order valence-corrected chi connectivity index (χ3v) is 2.62. The summed E-state index contributed by atoms with van der Waals surface area (Å²) in [4.78, 5) is 13.9. The molecule has 76 valence electrons. The standard InChI is InChI=1S/C7H5F2IN2O2/c8-6(9)2-1-12-5(7(13)14)3(10)4(2)11/h1,6H,(H2,11,12)(H,13,14). The molecule has 0 aliphatic carbocycles. The number of nitrogens with two attached hydrogens (primary N) is 1. The maximum atomic E-state index is 12.3. The second-order valence-corrected chi connectivity index (χ2v) is 3.47. The summed E-state index contributed by atoms with van der Waals surface area (Å²) in [7, 11) is 0. The number of rotatable bonds is 2. The van der Waals surface area contributed by atoms with Crippen molar-refractivity contribution in [3.05, 3.63) is 21.0 Å². The van der Waals surface area contributed by atoms with Gasteiger partial charge in [0.2, 0.25) is 0 Å². The van der Waals surface area contributed by atoms with Gasteiger partial charge in [0.25, 0.3) is 6.43 Å². The van der Waals surface area contributed by atoms with Crippen molar-refractivity contribution in [3.63, 3.8) is 0 Å². The first-order valence-electron chi connectivity index (χ1n) is 3.40. The molecule has 0 bridgehead atoms. The molecule has 1 rings (SSSR count). The minimum absolute atomic E-state index is 0.0351. The largest absolute Gasteiger partial charge is 0.476 e. The van der Waals surface area contributed by atoms with Gasteiger partial charge in [-0.3, -0.25) is 0 Å². The van der Waals surface area contributed by atoms with Gasteiger partial charge in [-0.2, -0.15) is 0 Å². The van der Waals surface area contributed by atoms with E-state index in [-0.39, 0.29) is 15.0 Å². The van der Waals surface area contributed by atoms with Crippen molar-refractivity contribution in [2.45, 2.75) is 6.43 Å². The fourth-order valence-corrected chi connectivity index (χ4v) is 1.52. The van der Waals surface area contributed by atoms with Crippen LogP contribution in [-0.4, -0.2) is 16.1 Å². The topological polar surface area (TPSA) is 76.2 Å². The van der Waals surface area contributed by atoms with Crippen molar-refractivity contribution in [1.82, 2.24) is 4.98 Å². The summed E-state index contributed by atoms with van der Waals surface area (Å²) in [5.74, 6) is -1.29. The zero-order valence-electron chi connectivity index (χ0n) is 6.67. The number of aromatic carboxylic acids is 1. The molecule has 3 N–H and O–H groups in total. The lowest BCUT2D eigenvalue weighted by atomic mass is 10.2. The maximum absolute atomic E-state index is 12.3. The molecule has 0 saturated carbocycles. The van der Waals surface area contributed by atoms with Crippen LogP contribution in [0.2, 0.25) is 0 Å². The van der Waals surface area contributed by atoms with Crippen LogP contribution in [0.4, 0.5) is 14.5 Å². The maximum Gasteiger partial charge on any atom is 0.355 e. The predicted molar refractivity (Wildman–Crippen MR) is 53.3 cm³/mol. The van der Waals surface area contributed by atoms with Gasteiger partial charge < -0.3 is 10.8 Å². The Morgan fingerprint density at radius 1 is 1.64 bits per heavy atom. The minimum Gasteiger partial charge on any atom is -0.476 e. The predicted octanol–water partition coefficient (Wildman–Crippen LogP) is 1.90. The van der Waals surface area contributed by atoms with E-state index in [1.165, 1.54) is 0 Å². The summed E-state index contributed by atoms with van der Waals surface area (Å²) in [6.45, 7) is 0. The van der Waals surface area contributed by atoms with Crippen molar-refractivity contribution in [1.29, 1.82) is 0 Å². The van der Waals surface area contributed by atoms with Crippen LogP contribution in [0.5, 0.6) is 0 Å². The first-order valence-corrected chi connectivity index (χ1v) is 4.48. The molecule has 0 spiro atoms. The first kappa shape index (κ1) is 11.1. The molecule has 0 radical (unpaired) electrons. The van der Waals surface area contributed by atoms with E-state index in [0.29, 0.717) is 0 Å². The summed E-state index contributed by atoms with van der Waals surface area (Å²) >= 11 is 1.58. The molecule has 4 nitrogen and oxygen atoms in total. The minimum atomic E-state index is -2.75. The molecule has 0 aliphatic heterocycles. The number of halogens is 3. The molecule has 0 saturated heterocycles. The van der Waals surface area contributed by atoms with Crippen LogP contribution < -0.4 is 5.73 Å². The van der Waals surface area contributed by atoms with E-state index < -0.39 is 18.0 Å². The number of nitrogens with zero attached hydrogens (tertiary/aromatic N) is 1. The lowest BCUT2D eigenvalue weighted by Crippen LogP contribution is -2.08. The fraction of sp³-hybridized carbons (Fsp3) is 0.143. The Bertz CT molecular complexity index is 384. The van der Waals surface area contributed by atoms with Crippen LogP contribution in [-0.2, 0) is 0 Å². The number of nitrogen functional groups attached to an aromatic ring is 1. The number of aromatic nitrogens is 1. The van der Waals surface area contributed by atoms with Crippen molar-refractivity contribution in [3.8, 4) is 0 Å². The zero-order chi connectivity index (χ0) is 10.9. The summed E-state index contributed by atoms with van der Waals surface area (Å²) in [6, 6.07) is 0. The Hall–Kier alpha value is -0.990. The Balaban J connectivity index is 3.33. The highest BCUT2D eigenvalue weighted by molar-refractivity contribution is 14.1. The number of carboxylic acid groups (broad SMARTS) is 1. The van der Waals surface area contributed by atoms with Gasteiger partial charge in [0, 0.05) is 6.20 Å².